The summed E-state index contributed by atoms with van der Waals surface area (Å²) >= 11 is 0. The van der Waals surface area contributed by atoms with Crippen LogP contribution >= 0.6 is 0 Å². The third kappa shape index (κ3) is 1.85. The molecule has 1 rings (SSSR count). The normalized spacial score (nSPS) is 33.8. The first-order valence-corrected chi connectivity index (χ1v) is 4.61. The van der Waals surface area contributed by atoms with Gasteiger partial charge in [0.25, 0.3) is 0 Å². The van der Waals surface area contributed by atoms with Crippen molar-refractivity contribution in [2.75, 3.05) is 0 Å². The minimum atomic E-state index is -1.35. The Morgan fingerprint density at radius 1 is 1.46 bits per heavy atom. The van der Waals surface area contributed by atoms with Crippen LogP contribution in [0.4, 0.5) is 4.39 Å². The molecule has 13 heavy (non-hydrogen) atoms. The van der Waals surface area contributed by atoms with Crippen molar-refractivity contribution >= 4 is 0 Å². The van der Waals surface area contributed by atoms with Crippen LogP contribution in [-0.4, -0.2) is 23.5 Å². The molecule has 3 atom stereocenters. The van der Waals surface area contributed by atoms with E-state index in [1.165, 1.54) is 0 Å². The van der Waals surface area contributed by atoms with E-state index in [1.54, 1.807) is 13.8 Å². The molecule has 0 aromatic rings. The first kappa shape index (κ1) is 10.5. The van der Waals surface area contributed by atoms with Gasteiger partial charge in [0.15, 0.2) is 6.17 Å². The van der Waals surface area contributed by atoms with Crippen molar-refractivity contribution < 1.29 is 14.2 Å². The zero-order valence-electron chi connectivity index (χ0n) is 8.54. The SMILES string of the molecule is CC(C)=C1O[C@@H](C(C)C)[C@H](O)[C@H]1F. The summed E-state index contributed by atoms with van der Waals surface area (Å²) in [5.74, 6) is 0.441. The van der Waals surface area contributed by atoms with Gasteiger partial charge in [-0.2, -0.15) is 0 Å². The Morgan fingerprint density at radius 3 is 2.23 bits per heavy atom. The number of ether oxygens (including phenoxy) is 1. The summed E-state index contributed by atoms with van der Waals surface area (Å²) in [6, 6.07) is 0. The van der Waals surface area contributed by atoms with Gasteiger partial charge >= 0.3 is 0 Å². The molecule has 3 heteroatoms. The van der Waals surface area contributed by atoms with Crippen molar-refractivity contribution in [2.45, 2.75) is 46.1 Å². The molecule has 2 nitrogen and oxygen atoms in total. The lowest BCUT2D eigenvalue weighted by Gasteiger charge is -2.17. The van der Waals surface area contributed by atoms with E-state index in [1.807, 2.05) is 13.8 Å². The molecule has 0 aliphatic carbocycles. The molecule has 1 fully saturated rings. The van der Waals surface area contributed by atoms with E-state index in [9.17, 15) is 9.50 Å². The molecule has 1 heterocycles. The summed E-state index contributed by atoms with van der Waals surface area (Å²) in [5, 5.41) is 9.51. The maximum absolute atomic E-state index is 13.4. The highest BCUT2D eigenvalue weighted by Crippen LogP contribution is 2.32. The number of aliphatic hydroxyl groups is 1. The molecule has 0 unspecified atom stereocenters. The van der Waals surface area contributed by atoms with E-state index < -0.39 is 18.4 Å². The topological polar surface area (TPSA) is 29.5 Å². The average Bonchev–Trinajstić information content (AvgIpc) is 2.29. The van der Waals surface area contributed by atoms with Crippen LogP contribution in [0, 0.1) is 5.92 Å². The summed E-state index contributed by atoms with van der Waals surface area (Å²) in [4.78, 5) is 0. The zero-order chi connectivity index (χ0) is 10.2. The fourth-order valence-corrected chi connectivity index (χ4v) is 1.53. The first-order chi connectivity index (χ1) is 5.95. The van der Waals surface area contributed by atoms with Crippen LogP contribution in [0.2, 0.25) is 0 Å². The maximum atomic E-state index is 13.4. The third-order valence-corrected chi connectivity index (χ3v) is 2.30. The molecule has 0 radical (unpaired) electrons. The second kappa shape index (κ2) is 3.66. The van der Waals surface area contributed by atoms with Gasteiger partial charge in [0.1, 0.15) is 18.0 Å². The van der Waals surface area contributed by atoms with E-state index >= 15 is 0 Å². The van der Waals surface area contributed by atoms with Crippen molar-refractivity contribution in [3.63, 3.8) is 0 Å². The molecule has 0 bridgehead atoms. The largest absolute Gasteiger partial charge is 0.489 e. The Morgan fingerprint density at radius 2 is 2.00 bits per heavy atom. The van der Waals surface area contributed by atoms with Gasteiger partial charge in [-0.25, -0.2) is 4.39 Å². The summed E-state index contributed by atoms with van der Waals surface area (Å²) < 4.78 is 18.8. The minimum Gasteiger partial charge on any atom is -0.489 e. The van der Waals surface area contributed by atoms with Crippen molar-refractivity contribution in [3.05, 3.63) is 11.3 Å². The highest BCUT2D eigenvalue weighted by atomic mass is 19.1. The Bertz CT molecular complexity index is 219. The molecule has 0 spiro atoms. The summed E-state index contributed by atoms with van der Waals surface area (Å²) in [6.07, 6.45) is -2.76. The molecule has 1 N–H and O–H groups in total. The van der Waals surface area contributed by atoms with Gasteiger partial charge in [-0.05, 0) is 25.3 Å². The Labute approximate surface area is 78.4 Å². The fourth-order valence-electron chi connectivity index (χ4n) is 1.53. The van der Waals surface area contributed by atoms with Crippen LogP contribution in [0.15, 0.2) is 11.3 Å². The minimum absolute atomic E-state index is 0.130. The quantitative estimate of drug-likeness (QED) is 0.682. The second-order valence-electron chi connectivity index (χ2n) is 4.08. The third-order valence-electron chi connectivity index (χ3n) is 2.30. The second-order valence-corrected chi connectivity index (χ2v) is 4.08. The van der Waals surface area contributed by atoms with Crippen molar-refractivity contribution in [1.82, 2.24) is 0 Å². The van der Waals surface area contributed by atoms with Gasteiger partial charge in [-0.15, -0.1) is 0 Å². The van der Waals surface area contributed by atoms with Crippen LogP contribution < -0.4 is 0 Å². The number of aliphatic hydroxyl groups excluding tert-OH is 1. The van der Waals surface area contributed by atoms with Crippen LogP contribution in [-0.2, 0) is 4.74 Å². The lowest BCUT2D eigenvalue weighted by molar-refractivity contribution is 0.0167. The average molecular weight is 188 g/mol. The molecule has 1 aliphatic rings. The maximum Gasteiger partial charge on any atom is 0.186 e. The number of alkyl halides is 1. The molecule has 0 saturated carbocycles. The highest BCUT2D eigenvalue weighted by molar-refractivity contribution is 5.16. The smallest absolute Gasteiger partial charge is 0.186 e. The van der Waals surface area contributed by atoms with E-state index in [4.69, 9.17) is 4.74 Å². The van der Waals surface area contributed by atoms with Crippen LogP contribution in [0.25, 0.3) is 0 Å². The lowest BCUT2D eigenvalue weighted by atomic mass is 10.0. The number of allylic oxidation sites excluding steroid dienone is 1. The molecule has 76 valence electrons. The van der Waals surface area contributed by atoms with Gasteiger partial charge in [-0.3, -0.25) is 0 Å². The first-order valence-electron chi connectivity index (χ1n) is 4.61. The van der Waals surface area contributed by atoms with Crippen LogP contribution in [0.3, 0.4) is 0 Å². The van der Waals surface area contributed by atoms with Crippen LogP contribution in [0.1, 0.15) is 27.7 Å². The predicted octanol–water partition coefficient (Wildman–Crippen LogP) is 2.03. The fraction of sp³-hybridized carbons (Fsp3) is 0.800. The van der Waals surface area contributed by atoms with E-state index in [2.05, 4.69) is 0 Å². The molecular weight excluding hydrogens is 171 g/mol. The zero-order valence-corrected chi connectivity index (χ0v) is 8.54. The monoisotopic (exact) mass is 188 g/mol. The Kier molecular flexibility index (Phi) is 2.96. The molecular formula is C10H17FO2. The number of hydrogen-bond acceptors (Lipinski definition) is 2. The molecule has 1 aliphatic heterocycles. The molecule has 0 amide bonds. The standard InChI is InChI=1S/C10H17FO2/c1-5(2)9-7(11)8(12)10(13-9)6(3)4/h6-8,10,12H,1-4H3/t7-,8-,10+/m1/s1. The molecule has 0 aromatic heterocycles. The van der Waals surface area contributed by atoms with E-state index in [0.29, 0.717) is 5.76 Å². The van der Waals surface area contributed by atoms with E-state index in [0.717, 1.165) is 5.57 Å². The Balaban J connectivity index is 2.85. The summed E-state index contributed by atoms with van der Waals surface area (Å²) in [5.41, 5.74) is 0.801. The summed E-state index contributed by atoms with van der Waals surface area (Å²) in [6.45, 7) is 7.40. The predicted molar refractivity (Wildman–Crippen MR) is 49.0 cm³/mol. The van der Waals surface area contributed by atoms with Gasteiger partial charge < -0.3 is 9.84 Å². The number of hydrogen-bond donors (Lipinski definition) is 1. The molecule has 0 aromatic carbocycles. The van der Waals surface area contributed by atoms with Crippen LogP contribution in [0.5, 0.6) is 0 Å². The number of halogens is 1. The van der Waals surface area contributed by atoms with Gasteiger partial charge in [0.2, 0.25) is 0 Å². The lowest BCUT2D eigenvalue weighted by Crippen LogP contribution is -2.31. The van der Waals surface area contributed by atoms with Gasteiger partial charge in [-0.1, -0.05) is 13.8 Å². The molecule has 1 saturated heterocycles. The van der Waals surface area contributed by atoms with E-state index in [-0.39, 0.29) is 5.92 Å². The van der Waals surface area contributed by atoms with Crippen molar-refractivity contribution in [3.8, 4) is 0 Å². The highest BCUT2D eigenvalue weighted by Gasteiger charge is 2.42. The van der Waals surface area contributed by atoms with Crippen molar-refractivity contribution in [2.24, 2.45) is 5.92 Å². The Hall–Kier alpha value is -0.570. The number of rotatable bonds is 1. The van der Waals surface area contributed by atoms with Gasteiger partial charge in [0.05, 0.1) is 0 Å². The van der Waals surface area contributed by atoms with Crippen molar-refractivity contribution in [1.29, 1.82) is 0 Å². The van der Waals surface area contributed by atoms with Gasteiger partial charge in [0, 0.05) is 0 Å². The summed E-state index contributed by atoms with van der Waals surface area (Å²) in [7, 11) is 0.